The van der Waals surface area contributed by atoms with Crippen molar-refractivity contribution < 1.29 is 14.3 Å². The van der Waals surface area contributed by atoms with Crippen molar-refractivity contribution in [3.05, 3.63) is 65.4 Å². The summed E-state index contributed by atoms with van der Waals surface area (Å²) >= 11 is 0. The number of fused-ring (bicyclic) bond motifs is 7. The third-order valence-electron chi connectivity index (χ3n) is 6.55. The number of para-hydroxylation sites is 2. The first-order chi connectivity index (χ1) is 14.2. The summed E-state index contributed by atoms with van der Waals surface area (Å²) < 4.78 is 5.05. The SMILES string of the molecule is O=C1OCCN1C(=O)[C@@H]1Cc2ccccc2N2CCc3c([nH]c4ccccc34)[C@@H]12. The van der Waals surface area contributed by atoms with E-state index in [1.807, 2.05) is 12.1 Å². The minimum Gasteiger partial charge on any atom is -0.447 e. The Hall–Kier alpha value is -3.28. The monoisotopic (exact) mass is 387 g/mol. The largest absolute Gasteiger partial charge is 0.447 e. The number of imide groups is 1. The fourth-order valence-corrected chi connectivity index (χ4v) is 5.29. The number of cyclic esters (lactones) is 1. The zero-order chi connectivity index (χ0) is 19.5. The fourth-order valence-electron chi connectivity index (χ4n) is 5.29. The van der Waals surface area contributed by atoms with E-state index in [-0.39, 0.29) is 24.5 Å². The second-order valence-electron chi connectivity index (χ2n) is 7.99. The van der Waals surface area contributed by atoms with Crippen LogP contribution in [0.4, 0.5) is 10.5 Å². The number of rotatable bonds is 1. The Bertz CT molecular complexity index is 1150. The van der Waals surface area contributed by atoms with Gasteiger partial charge >= 0.3 is 6.09 Å². The van der Waals surface area contributed by atoms with Crippen LogP contribution in [0.15, 0.2) is 48.5 Å². The van der Waals surface area contributed by atoms with E-state index >= 15 is 0 Å². The van der Waals surface area contributed by atoms with Gasteiger partial charge in [0, 0.05) is 28.8 Å². The maximum atomic E-state index is 13.5. The predicted octanol–water partition coefficient (Wildman–Crippen LogP) is 3.42. The average Bonchev–Trinajstić information content (AvgIpc) is 3.35. The van der Waals surface area contributed by atoms with E-state index in [1.165, 1.54) is 21.5 Å². The molecule has 1 N–H and O–H groups in total. The molecule has 0 aliphatic carbocycles. The number of aromatic amines is 1. The van der Waals surface area contributed by atoms with Gasteiger partial charge in [-0.15, -0.1) is 0 Å². The summed E-state index contributed by atoms with van der Waals surface area (Å²) in [5, 5.41) is 1.23. The lowest BCUT2D eigenvalue weighted by atomic mass is 9.79. The molecule has 2 aromatic carbocycles. The average molecular weight is 387 g/mol. The van der Waals surface area contributed by atoms with Crippen LogP contribution in [0.3, 0.4) is 0 Å². The lowest BCUT2D eigenvalue weighted by molar-refractivity contribution is -0.133. The van der Waals surface area contributed by atoms with E-state index in [9.17, 15) is 9.59 Å². The van der Waals surface area contributed by atoms with Crippen LogP contribution in [0.1, 0.15) is 22.9 Å². The molecule has 0 spiro atoms. The summed E-state index contributed by atoms with van der Waals surface area (Å²) in [4.78, 5) is 32.8. The Morgan fingerprint density at radius 2 is 1.90 bits per heavy atom. The zero-order valence-electron chi connectivity index (χ0n) is 15.9. The third kappa shape index (κ3) is 2.35. The van der Waals surface area contributed by atoms with Gasteiger partial charge in [-0.2, -0.15) is 0 Å². The van der Waals surface area contributed by atoms with Crippen molar-refractivity contribution in [3.8, 4) is 0 Å². The molecule has 0 saturated carbocycles. The molecule has 6 heteroatoms. The van der Waals surface area contributed by atoms with Crippen LogP contribution >= 0.6 is 0 Å². The molecule has 0 bridgehead atoms. The molecule has 3 aliphatic heterocycles. The van der Waals surface area contributed by atoms with E-state index in [4.69, 9.17) is 4.74 Å². The number of aromatic nitrogens is 1. The molecular weight excluding hydrogens is 366 g/mol. The second kappa shape index (κ2) is 6.11. The molecule has 0 radical (unpaired) electrons. The second-order valence-corrected chi connectivity index (χ2v) is 7.99. The highest BCUT2D eigenvalue weighted by molar-refractivity contribution is 5.96. The van der Waals surface area contributed by atoms with Crippen molar-refractivity contribution in [2.45, 2.75) is 18.9 Å². The van der Waals surface area contributed by atoms with Crippen molar-refractivity contribution in [3.63, 3.8) is 0 Å². The number of H-pyrrole nitrogens is 1. The summed E-state index contributed by atoms with van der Waals surface area (Å²) in [7, 11) is 0. The van der Waals surface area contributed by atoms with Crippen molar-refractivity contribution in [1.82, 2.24) is 9.88 Å². The number of hydrogen-bond donors (Lipinski definition) is 1. The molecule has 4 heterocycles. The Labute approximate surface area is 168 Å². The Kier molecular flexibility index (Phi) is 3.51. The van der Waals surface area contributed by atoms with Gasteiger partial charge in [-0.25, -0.2) is 9.69 Å². The maximum Gasteiger partial charge on any atom is 0.416 e. The molecule has 1 aromatic heterocycles. The van der Waals surface area contributed by atoms with Gasteiger partial charge in [-0.05, 0) is 36.1 Å². The molecule has 29 heavy (non-hydrogen) atoms. The number of nitrogens with zero attached hydrogens (tertiary/aromatic N) is 2. The number of nitrogens with one attached hydrogen (secondary N) is 1. The summed E-state index contributed by atoms with van der Waals surface area (Å²) in [5.41, 5.74) is 5.86. The van der Waals surface area contributed by atoms with Gasteiger partial charge in [0.05, 0.1) is 18.5 Å². The standard InChI is InChI=1S/C23H21N3O3/c27-22(26-11-12-29-23(26)28)17-13-14-5-1-4-8-19(14)25-10-9-16-15-6-2-3-7-18(15)24-20(16)21(17)25/h1-8,17,21,24H,9-13H2/t17-,21-/m1/s1. The van der Waals surface area contributed by atoms with Crippen molar-refractivity contribution in [2.75, 3.05) is 24.6 Å². The van der Waals surface area contributed by atoms with Crippen molar-refractivity contribution >= 4 is 28.6 Å². The van der Waals surface area contributed by atoms with Crippen LogP contribution < -0.4 is 4.90 Å². The summed E-state index contributed by atoms with van der Waals surface area (Å²) in [6.07, 6.45) is 1.03. The van der Waals surface area contributed by atoms with Crippen LogP contribution in [0.5, 0.6) is 0 Å². The molecule has 6 rings (SSSR count). The zero-order valence-corrected chi connectivity index (χ0v) is 15.9. The number of anilines is 1. The number of ether oxygens (including phenoxy) is 1. The molecule has 2 amide bonds. The van der Waals surface area contributed by atoms with E-state index in [1.54, 1.807) is 0 Å². The topological polar surface area (TPSA) is 65.6 Å². The number of carbonyl (C=O) groups is 2. The summed E-state index contributed by atoms with van der Waals surface area (Å²) in [6.45, 7) is 1.47. The Morgan fingerprint density at radius 3 is 2.76 bits per heavy atom. The van der Waals surface area contributed by atoms with Crippen LogP contribution in [0.25, 0.3) is 10.9 Å². The first kappa shape index (κ1) is 16.7. The van der Waals surface area contributed by atoms with Crippen LogP contribution in [-0.4, -0.2) is 41.6 Å². The highest BCUT2D eigenvalue weighted by Gasteiger charge is 2.46. The van der Waals surface area contributed by atoms with E-state index in [0.29, 0.717) is 13.0 Å². The van der Waals surface area contributed by atoms with Gasteiger partial charge in [0.2, 0.25) is 5.91 Å². The molecule has 1 saturated heterocycles. The fraction of sp³-hybridized carbons (Fsp3) is 0.304. The number of benzene rings is 2. The lowest BCUT2D eigenvalue weighted by Crippen LogP contribution is -2.50. The van der Waals surface area contributed by atoms with E-state index in [0.717, 1.165) is 29.7 Å². The van der Waals surface area contributed by atoms with Gasteiger partial charge in [0.1, 0.15) is 6.61 Å². The normalized spacial score (nSPS) is 22.8. The molecule has 6 nitrogen and oxygen atoms in total. The third-order valence-corrected chi connectivity index (χ3v) is 6.55. The summed E-state index contributed by atoms with van der Waals surface area (Å²) in [6, 6.07) is 16.5. The highest BCUT2D eigenvalue weighted by atomic mass is 16.6. The van der Waals surface area contributed by atoms with Crippen LogP contribution in [-0.2, 0) is 22.4 Å². The molecule has 3 aromatic rings. The molecule has 3 aliphatic rings. The van der Waals surface area contributed by atoms with Crippen molar-refractivity contribution in [1.29, 1.82) is 0 Å². The van der Waals surface area contributed by atoms with Crippen LogP contribution in [0.2, 0.25) is 0 Å². The summed E-state index contributed by atoms with van der Waals surface area (Å²) in [5.74, 6) is -0.467. The first-order valence-electron chi connectivity index (χ1n) is 10.1. The van der Waals surface area contributed by atoms with E-state index < -0.39 is 6.09 Å². The molecule has 146 valence electrons. The minimum atomic E-state index is -0.520. The smallest absolute Gasteiger partial charge is 0.416 e. The molecule has 0 unspecified atom stereocenters. The molecule has 2 atom stereocenters. The van der Waals surface area contributed by atoms with Gasteiger partial charge in [0.25, 0.3) is 0 Å². The number of amides is 2. The number of carbonyl (C=O) groups excluding carboxylic acids is 2. The van der Waals surface area contributed by atoms with Gasteiger partial charge < -0.3 is 14.6 Å². The van der Waals surface area contributed by atoms with E-state index in [2.05, 4.69) is 46.3 Å². The highest BCUT2D eigenvalue weighted by Crippen LogP contribution is 2.47. The lowest BCUT2D eigenvalue weighted by Gasteiger charge is -2.46. The predicted molar refractivity (Wildman–Crippen MR) is 109 cm³/mol. The van der Waals surface area contributed by atoms with Gasteiger partial charge in [-0.3, -0.25) is 4.79 Å². The Morgan fingerprint density at radius 1 is 1.07 bits per heavy atom. The Balaban J connectivity index is 1.52. The van der Waals surface area contributed by atoms with Crippen LogP contribution in [0, 0.1) is 5.92 Å². The molecular formula is C23H21N3O3. The first-order valence-corrected chi connectivity index (χ1v) is 10.1. The van der Waals surface area contributed by atoms with Gasteiger partial charge in [-0.1, -0.05) is 36.4 Å². The minimum absolute atomic E-state index is 0.109. The van der Waals surface area contributed by atoms with Gasteiger partial charge in [0.15, 0.2) is 0 Å². The molecule has 1 fully saturated rings. The number of hydrogen-bond acceptors (Lipinski definition) is 4. The quantitative estimate of drug-likeness (QED) is 0.695. The maximum absolute atomic E-state index is 13.5. The van der Waals surface area contributed by atoms with Crippen molar-refractivity contribution in [2.24, 2.45) is 5.92 Å².